The zero-order chi connectivity index (χ0) is 16.6. The largest absolute Gasteiger partial charge is 0.397 e. The Balaban J connectivity index is 5.15. The van der Waals surface area contributed by atoms with Gasteiger partial charge in [0.05, 0.1) is 6.61 Å². The summed E-state index contributed by atoms with van der Waals surface area (Å²) in [6.07, 6.45) is 1.61. The number of hydrogen-bond donors (Lipinski definition) is 1. The fourth-order valence-electron chi connectivity index (χ4n) is 1.57. The third kappa shape index (κ3) is 7.28. The zero-order valence-corrected chi connectivity index (χ0v) is 12.9. The van der Waals surface area contributed by atoms with Crippen LogP contribution in [0.4, 0.5) is 0 Å². The van der Waals surface area contributed by atoms with Crippen molar-refractivity contribution in [1.29, 1.82) is 10.5 Å². The summed E-state index contributed by atoms with van der Waals surface area (Å²) in [6, 6.07) is 3.57. The van der Waals surface area contributed by atoms with Gasteiger partial charge in [0.2, 0.25) is 0 Å². The molecule has 21 heavy (non-hydrogen) atoms. The molecule has 0 unspecified atom stereocenters. The zero-order valence-electron chi connectivity index (χ0n) is 12.1. The van der Waals surface area contributed by atoms with Gasteiger partial charge in [-0.25, -0.2) is 4.18 Å². The van der Waals surface area contributed by atoms with Gasteiger partial charge in [-0.15, -0.1) is 0 Å². The molecule has 0 aliphatic carbocycles. The van der Waals surface area contributed by atoms with Crippen molar-refractivity contribution in [2.24, 2.45) is 0 Å². The first-order valence-corrected chi connectivity index (χ1v) is 7.23. The lowest BCUT2D eigenvalue weighted by molar-refractivity contribution is 0.240. The van der Waals surface area contributed by atoms with E-state index in [1.807, 2.05) is 0 Å². The van der Waals surface area contributed by atoms with E-state index in [1.165, 1.54) is 0 Å². The van der Waals surface area contributed by atoms with E-state index in [2.05, 4.69) is 10.8 Å². The van der Waals surface area contributed by atoms with Gasteiger partial charge in [0.15, 0.2) is 0 Å². The van der Waals surface area contributed by atoms with E-state index < -0.39 is 10.4 Å². The molecule has 0 heterocycles. The molecule has 0 amide bonds. The van der Waals surface area contributed by atoms with Crippen molar-refractivity contribution in [3.05, 3.63) is 35.2 Å². The van der Waals surface area contributed by atoms with Crippen molar-refractivity contribution < 1.29 is 17.2 Å². The summed E-state index contributed by atoms with van der Waals surface area (Å²) in [7, 11) is -4.49. The van der Waals surface area contributed by atoms with E-state index in [1.54, 1.807) is 43.9 Å². The predicted octanol–water partition coefficient (Wildman–Crippen LogP) is 1.91. The van der Waals surface area contributed by atoms with Crippen LogP contribution in [0.5, 0.6) is 0 Å². The minimum Gasteiger partial charge on any atom is -0.347 e. The number of rotatable bonds is 7. The molecule has 0 aromatic heterocycles. The van der Waals surface area contributed by atoms with Crippen LogP contribution in [0.2, 0.25) is 0 Å². The van der Waals surface area contributed by atoms with Crippen LogP contribution < -0.4 is 0 Å². The number of nitriles is 2. The van der Waals surface area contributed by atoms with Crippen LogP contribution in [0, 0.1) is 22.7 Å². The van der Waals surface area contributed by atoms with Gasteiger partial charge in [-0.3, -0.25) is 4.55 Å². The molecular formula is C13H17N3O4S. The normalized spacial score (nSPS) is 11.2. The van der Waals surface area contributed by atoms with Crippen molar-refractivity contribution in [2.75, 3.05) is 13.2 Å². The fourth-order valence-corrected chi connectivity index (χ4v) is 1.85. The van der Waals surface area contributed by atoms with Gasteiger partial charge in [0, 0.05) is 17.9 Å². The van der Waals surface area contributed by atoms with Crippen LogP contribution in [0.15, 0.2) is 35.2 Å². The van der Waals surface area contributed by atoms with E-state index in [9.17, 15) is 8.42 Å². The summed E-state index contributed by atoms with van der Waals surface area (Å²) in [5.74, 6) is 0. The van der Waals surface area contributed by atoms with E-state index in [0.717, 1.165) is 0 Å². The highest BCUT2D eigenvalue weighted by molar-refractivity contribution is 7.80. The molecule has 1 N–H and O–H groups in total. The second kappa shape index (κ2) is 8.22. The molecule has 0 fully saturated rings. The molecule has 0 bridgehead atoms. The molecule has 0 saturated carbocycles. The highest BCUT2D eigenvalue weighted by Crippen LogP contribution is 2.15. The van der Waals surface area contributed by atoms with Gasteiger partial charge in [-0.05, 0) is 32.4 Å². The minimum absolute atomic E-state index is 0.00907. The smallest absolute Gasteiger partial charge is 0.347 e. The van der Waals surface area contributed by atoms with Crippen LogP contribution in [0.1, 0.15) is 20.8 Å². The maximum atomic E-state index is 10.5. The monoisotopic (exact) mass is 311 g/mol. The first kappa shape index (κ1) is 18.9. The molecule has 0 radical (unpaired) electrons. The maximum absolute atomic E-state index is 10.5. The summed E-state index contributed by atoms with van der Waals surface area (Å²) < 4.78 is 33.8. The maximum Gasteiger partial charge on any atom is 0.397 e. The van der Waals surface area contributed by atoms with Crippen molar-refractivity contribution >= 4 is 10.4 Å². The molecule has 0 aliphatic heterocycles. The second-order valence-electron chi connectivity index (χ2n) is 4.20. The van der Waals surface area contributed by atoms with E-state index in [4.69, 9.17) is 15.1 Å². The number of hydrogen-bond acceptors (Lipinski definition) is 6. The third-order valence-corrected chi connectivity index (χ3v) is 2.94. The molecule has 7 nitrogen and oxygen atoms in total. The molecule has 0 aromatic carbocycles. The Kier molecular flexibility index (Phi) is 7.39. The third-order valence-electron chi connectivity index (χ3n) is 2.48. The molecule has 8 heteroatoms. The topological polar surface area (TPSA) is 114 Å². The Morgan fingerprint density at radius 1 is 1.33 bits per heavy atom. The molecule has 0 rings (SSSR count). The van der Waals surface area contributed by atoms with Crippen LogP contribution in [0.3, 0.4) is 0 Å². The molecular weight excluding hydrogens is 294 g/mol. The SMILES string of the molecule is C=C(C)N(CCOS(=O)(=O)O)C(C)=CC(C)=C(C#N)C#N. The Morgan fingerprint density at radius 3 is 2.24 bits per heavy atom. The molecule has 114 valence electrons. The molecule has 0 aromatic rings. The Bertz CT molecular complexity index is 632. The standard InChI is InChI=1S/C13H17N3O4S/c1-10(2)16(5-6-20-21(17,18)19)12(4)7-11(3)13(8-14)9-15/h7H,1,5-6H2,2-4H3,(H,17,18,19). The Hall–Kier alpha value is -2.13. The molecule has 0 atom stereocenters. The number of nitrogens with zero attached hydrogens (tertiary/aromatic N) is 3. The van der Waals surface area contributed by atoms with Gasteiger partial charge in [-0.1, -0.05) is 6.58 Å². The van der Waals surface area contributed by atoms with E-state index in [0.29, 0.717) is 17.0 Å². The average Bonchev–Trinajstić information content (AvgIpc) is 2.34. The predicted molar refractivity (Wildman–Crippen MR) is 76.7 cm³/mol. The van der Waals surface area contributed by atoms with Gasteiger partial charge in [-0.2, -0.15) is 18.9 Å². The van der Waals surface area contributed by atoms with Crippen LogP contribution in [0.25, 0.3) is 0 Å². The lowest BCUT2D eigenvalue weighted by Crippen LogP contribution is -2.25. The van der Waals surface area contributed by atoms with Gasteiger partial charge >= 0.3 is 10.4 Å². The Labute approximate surface area is 125 Å². The van der Waals surface area contributed by atoms with E-state index >= 15 is 0 Å². The van der Waals surface area contributed by atoms with E-state index in [-0.39, 0.29) is 18.7 Å². The lowest BCUT2D eigenvalue weighted by atomic mass is 10.1. The summed E-state index contributed by atoms with van der Waals surface area (Å²) >= 11 is 0. The van der Waals surface area contributed by atoms with Crippen molar-refractivity contribution in [3.8, 4) is 12.1 Å². The Morgan fingerprint density at radius 2 is 1.86 bits per heavy atom. The van der Waals surface area contributed by atoms with Gasteiger partial charge in [0.25, 0.3) is 0 Å². The van der Waals surface area contributed by atoms with Gasteiger partial charge in [0.1, 0.15) is 17.7 Å². The van der Waals surface area contributed by atoms with Crippen LogP contribution >= 0.6 is 0 Å². The number of allylic oxidation sites excluding steroid dienone is 5. The minimum atomic E-state index is -4.49. The van der Waals surface area contributed by atoms with Crippen LogP contribution in [-0.2, 0) is 14.6 Å². The first-order valence-electron chi connectivity index (χ1n) is 5.86. The van der Waals surface area contributed by atoms with Gasteiger partial charge < -0.3 is 4.90 Å². The average molecular weight is 311 g/mol. The van der Waals surface area contributed by atoms with Crippen molar-refractivity contribution in [3.63, 3.8) is 0 Å². The molecule has 0 saturated heterocycles. The quantitative estimate of drug-likeness (QED) is 0.434. The highest BCUT2D eigenvalue weighted by Gasteiger charge is 2.10. The summed E-state index contributed by atoms with van der Waals surface area (Å²) in [4.78, 5) is 1.64. The first-order chi connectivity index (χ1) is 9.62. The highest BCUT2D eigenvalue weighted by atomic mass is 32.3. The fraction of sp³-hybridized carbons (Fsp3) is 0.385. The second-order valence-corrected chi connectivity index (χ2v) is 5.30. The van der Waals surface area contributed by atoms with Crippen LogP contribution in [-0.4, -0.2) is 31.0 Å². The lowest BCUT2D eigenvalue weighted by Gasteiger charge is -2.25. The van der Waals surface area contributed by atoms with Crippen molar-refractivity contribution in [1.82, 2.24) is 4.90 Å². The summed E-state index contributed by atoms with van der Waals surface area (Å²) in [5.41, 5.74) is 1.75. The van der Waals surface area contributed by atoms with Crippen molar-refractivity contribution in [2.45, 2.75) is 20.8 Å². The summed E-state index contributed by atoms with van der Waals surface area (Å²) in [6.45, 7) is 8.68. The summed E-state index contributed by atoms with van der Waals surface area (Å²) in [5, 5.41) is 17.6. The molecule has 0 spiro atoms. The molecule has 0 aliphatic rings.